The van der Waals surface area contributed by atoms with E-state index in [-0.39, 0.29) is 37.0 Å². The minimum atomic E-state index is -0.369. The van der Waals surface area contributed by atoms with Gasteiger partial charge in [0.2, 0.25) is 0 Å². The summed E-state index contributed by atoms with van der Waals surface area (Å²) in [7, 11) is 0. The second-order valence-corrected chi connectivity index (χ2v) is 6.58. The highest BCUT2D eigenvalue weighted by Crippen LogP contribution is 2.43. The second-order valence-electron chi connectivity index (χ2n) is 6.58. The molecule has 0 radical (unpaired) electrons. The lowest BCUT2D eigenvalue weighted by atomic mass is 10.0. The fourth-order valence-electron chi connectivity index (χ4n) is 3.49. The molecule has 3 heterocycles. The minimum absolute atomic E-state index is 0.0228. The predicted octanol–water partition coefficient (Wildman–Crippen LogP) is 2.81. The molecule has 3 fully saturated rings. The standard InChI is InChI=1S/C20H20O5/c1-3-7-13(8-4-1)11-21-20-18-17(24-18)16-15(23-20)12-22-19(25-16)14-9-5-2-6-10-14/h1-10,15-20H,11-12H2/t15-,16+,17-,18-,19?,20-/m1/s1. The number of benzene rings is 2. The zero-order valence-corrected chi connectivity index (χ0v) is 13.7. The molecule has 0 bridgehead atoms. The molecule has 25 heavy (non-hydrogen) atoms. The maximum Gasteiger partial charge on any atom is 0.187 e. The highest BCUT2D eigenvalue weighted by Gasteiger charge is 2.60. The number of ether oxygens (including phenoxy) is 5. The topological polar surface area (TPSA) is 49.5 Å². The molecule has 6 atom stereocenters. The van der Waals surface area contributed by atoms with Crippen LogP contribution >= 0.6 is 0 Å². The van der Waals surface area contributed by atoms with E-state index in [1.807, 2.05) is 60.7 Å². The third-order valence-corrected chi connectivity index (χ3v) is 4.85. The number of hydrogen-bond acceptors (Lipinski definition) is 5. The predicted molar refractivity (Wildman–Crippen MR) is 88.6 cm³/mol. The lowest BCUT2D eigenvalue weighted by molar-refractivity contribution is -0.308. The Hall–Kier alpha value is -1.76. The van der Waals surface area contributed by atoms with E-state index in [0.29, 0.717) is 13.2 Å². The quantitative estimate of drug-likeness (QED) is 0.801. The van der Waals surface area contributed by atoms with Gasteiger partial charge in [0, 0.05) is 5.56 Å². The van der Waals surface area contributed by atoms with Crippen molar-refractivity contribution in [3.63, 3.8) is 0 Å². The first-order chi connectivity index (χ1) is 12.4. The summed E-state index contributed by atoms with van der Waals surface area (Å²) >= 11 is 0. The van der Waals surface area contributed by atoms with Gasteiger partial charge in [-0.1, -0.05) is 60.7 Å². The molecule has 3 aliphatic rings. The zero-order chi connectivity index (χ0) is 16.6. The van der Waals surface area contributed by atoms with E-state index in [1.54, 1.807) is 0 Å². The van der Waals surface area contributed by atoms with E-state index in [0.717, 1.165) is 11.1 Å². The van der Waals surface area contributed by atoms with Crippen molar-refractivity contribution in [3.8, 4) is 0 Å². The fourth-order valence-corrected chi connectivity index (χ4v) is 3.49. The van der Waals surface area contributed by atoms with Gasteiger partial charge < -0.3 is 23.7 Å². The molecule has 1 unspecified atom stereocenters. The van der Waals surface area contributed by atoms with E-state index in [1.165, 1.54) is 0 Å². The van der Waals surface area contributed by atoms with Gasteiger partial charge in [-0.2, -0.15) is 0 Å². The molecular formula is C20H20O5. The molecule has 5 rings (SSSR count). The van der Waals surface area contributed by atoms with Crippen LogP contribution in [0.1, 0.15) is 17.4 Å². The summed E-state index contributed by atoms with van der Waals surface area (Å²) in [5, 5.41) is 0. The largest absolute Gasteiger partial charge is 0.361 e. The van der Waals surface area contributed by atoms with Crippen LogP contribution in [0, 0.1) is 0 Å². The molecule has 0 spiro atoms. The summed E-state index contributed by atoms with van der Waals surface area (Å²) in [6, 6.07) is 20.0. The smallest absolute Gasteiger partial charge is 0.187 e. The Balaban J connectivity index is 1.22. The Labute approximate surface area is 146 Å². The Morgan fingerprint density at radius 2 is 1.56 bits per heavy atom. The van der Waals surface area contributed by atoms with Crippen LogP contribution in [-0.2, 0) is 30.3 Å². The molecule has 2 aromatic carbocycles. The number of fused-ring (bicyclic) bond motifs is 3. The van der Waals surface area contributed by atoms with Crippen molar-refractivity contribution >= 4 is 0 Å². The molecule has 0 saturated carbocycles. The van der Waals surface area contributed by atoms with Gasteiger partial charge >= 0.3 is 0 Å². The Morgan fingerprint density at radius 1 is 0.800 bits per heavy atom. The number of epoxide rings is 1. The van der Waals surface area contributed by atoms with Crippen molar-refractivity contribution in [2.75, 3.05) is 6.61 Å². The highest BCUT2D eigenvalue weighted by molar-refractivity contribution is 5.17. The van der Waals surface area contributed by atoms with Crippen LogP contribution in [0.2, 0.25) is 0 Å². The summed E-state index contributed by atoms with van der Waals surface area (Å²) < 4.78 is 29.7. The minimum Gasteiger partial charge on any atom is -0.361 e. The summed E-state index contributed by atoms with van der Waals surface area (Å²) in [5.41, 5.74) is 2.13. The van der Waals surface area contributed by atoms with Crippen molar-refractivity contribution in [1.82, 2.24) is 0 Å². The first kappa shape index (κ1) is 15.5. The molecule has 0 N–H and O–H groups in total. The van der Waals surface area contributed by atoms with E-state index in [2.05, 4.69) is 0 Å². The lowest BCUT2D eigenvalue weighted by Crippen LogP contribution is -2.52. The van der Waals surface area contributed by atoms with Crippen LogP contribution in [0.3, 0.4) is 0 Å². The molecule has 0 amide bonds. The van der Waals surface area contributed by atoms with Gasteiger partial charge in [0.25, 0.3) is 0 Å². The summed E-state index contributed by atoms with van der Waals surface area (Å²) in [4.78, 5) is 0. The van der Waals surface area contributed by atoms with Crippen LogP contribution in [0.5, 0.6) is 0 Å². The van der Waals surface area contributed by atoms with Crippen LogP contribution in [0.4, 0.5) is 0 Å². The fraction of sp³-hybridized carbons (Fsp3) is 0.400. The Kier molecular flexibility index (Phi) is 4.04. The summed E-state index contributed by atoms with van der Waals surface area (Å²) in [6.45, 7) is 0.978. The molecular weight excluding hydrogens is 320 g/mol. The third kappa shape index (κ3) is 3.10. The number of hydrogen-bond donors (Lipinski definition) is 0. The van der Waals surface area contributed by atoms with E-state index in [4.69, 9.17) is 23.7 Å². The normalized spacial score (nSPS) is 36.3. The van der Waals surface area contributed by atoms with E-state index >= 15 is 0 Å². The molecule has 2 aromatic rings. The average molecular weight is 340 g/mol. The molecule has 5 heteroatoms. The van der Waals surface area contributed by atoms with Crippen molar-refractivity contribution in [2.45, 2.75) is 43.6 Å². The average Bonchev–Trinajstić information content (AvgIpc) is 3.49. The monoisotopic (exact) mass is 340 g/mol. The van der Waals surface area contributed by atoms with Gasteiger partial charge in [-0.25, -0.2) is 0 Å². The third-order valence-electron chi connectivity index (χ3n) is 4.85. The maximum absolute atomic E-state index is 6.11. The first-order valence-electron chi connectivity index (χ1n) is 8.67. The SMILES string of the molecule is c1ccc(CO[C@@H]2O[C@@H]3COC(c4ccccc4)O[C@@H]3[C@H]3O[C@@H]23)cc1. The first-order valence-corrected chi connectivity index (χ1v) is 8.67. The zero-order valence-electron chi connectivity index (χ0n) is 13.7. The summed E-state index contributed by atoms with van der Waals surface area (Å²) in [5.74, 6) is 0. The van der Waals surface area contributed by atoms with E-state index in [9.17, 15) is 0 Å². The second kappa shape index (κ2) is 6.52. The lowest BCUT2D eigenvalue weighted by Gasteiger charge is -2.39. The van der Waals surface area contributed by atoms with Crippen molar-refractivity contribution in [1.29, 1.82) is 0 Å². The summed E-state index contributed by atoms with van der Waals surface area (Å²) in [6.07, 6.45) is -1.04. The molecule has 130 valence electrons. The van der Waals surface area contributed by atoms with Crippen LogP contribution < -0.4 is 0 Å². The van der Waals surface area contributed by atoms with Crippen LogP contribution in [0.15, 0.2) is 60.7 Å². The molecule has 3 saturated heterocycles. The molecule has 5 nitrogen and oxygen atoms in total. The van der Waals surface area contributed by atoms with Gasteiger partial charge in [-0.05, 0) is 5.56 Å². The van der Waals surface area contributed by atoms with Gasteiger partial charge in [-0.3, -0.25) is 0 Å². The van der Waals surface area contributed by atoms with Gasteiger partial charge in [0.05, 0.1) is 13.2 Å². The van der Waals surface area contributed by atoms with Gasteiger partial charge in [0.1, 0.15) is 24.4 Å². The molecule has 0 aliphatic carbocycles. The van der Waals surface area contributed by atoms with Crippen molar-refractivity contribution in [2.24, 2.45) is 0 Å². The van der Waals surface area contributed by atoms with Crippen molar-refractivity contribution in [3.05, 3.63) is 71.8 Å². The van der Waals surface area contributed by atoms with E-state index < -0.39 is 0 Å². The Morgan fingerprint density at radius 3 is 2.36 bits per heavy atom. The Bertz CT molecular complexity index is 707. The van der Waals surface area contributed by atoms with Gasteiger partial charge in [0.15, 0.2) is 12.6 Å². The maximum atomic E-state index is 6.11. The van der Waals surface area contributed by atoms with Crippen LogP contribution in [-0.4, -0.2) is 37.3 Å². The highest BCUT2D eigenvalue weighted by atomic mass is 16.8. The molecule has 3 aliphatic heterocycles. The molecule has 0 aromatic heterocycles. The van der Waals surface area contributed by atoms with Gasteiger partial charge in [-0.15, -0.1) is 0 Å². The number of rotatable bonds is 4. The van der Waals surface area contributed by atoms with Crippen molar-refractivity contribution < 1.29 is 23.7 Å². The van der Waals surface area contributed by atoms with Crippen LogP contribution in [0.25, 0.3) is 0 Å².